The molecule has 3 N–H and O–H groups in total. The van der Waals surface area contributed by atoms with Crippen LogP contribution in [-0.2, 0) is 6.42 Å². The smallest absolute Gasteiger partial charge is 0.145 e. The van der Waals surface area contributed by atoms with Crippen molar-refractivity contribution in [1.82, 2.24) is 4.98 Å². The number of pyridine rings is 1. The maximum atomic E-state index is 8.87. The summed E-state index contributed by atoms with van der Waals surface area (Å²) in [5.74, 6) is 1.44. The first-order valence-corrected chi connectivity index (χ1v) is 6.82. The molecular formula is C16H20N2O2. The van der Waals surface area contributed by atoms with Crippen molar-refractivity contribution < 1.29 is 9.84 Å². The molecule has 4 nitrogen and oxygen atoms in total. The van der Waals surface area contributed by atoms with Crippen LogP contribution in [0.2, 0.25) is 0 Å². The van der Waals surface area contributed by atoms with Crippen molar-refractivity contribution in [2.24, 2.45) is 5.73 Å². The molecule has 0 unspecified atom stereocenters. The SMILES string of the molecule is CC[C@H](N)c1ccc(Oc2ccc(CCO)cc2)cn1. The van der Waals surface area contributed by atoms with Crippen LogP contribution in [0, 0.1) is 0 Å². The van der Waals surface area contributed by atoms with E-state index in [9.17, 15) is 0 Å². The van der Waals surface area contributed by atoms with E-state index in [1.54, 1.807) is 6.20 Å². The van der Waals surface area contributed by atoms with Gasteiger partial charge in [-0.05, 0) is 42.7 Å². The molecule has 0 radical (unpaired) electrons. The number of benzene rings is 1. The molecule has 0 spiro atoms. The van der Waals surface area contributed by atoms with E-state index in [4.69, 9.17) is 15.6 Å². The van der Waals surface area contributed by atoms with Gasteiger partial charge >= 0.3 is 0 Å². The maximum Gasteiger partial charge on any atom is 0.145 e. The molecule has 0 saturated heterocycles. The molecule has 0 amide bonds. The summed E-state index contributed by atoms with van der Waals surface area (Å²) in [6, 6.07) is 11.4. The van der Waals surface area contributed by atoms with Crippen LogP contribution in [0.1, 0.15) is 30.6 Å². The van der Waals surface area contributed by atoms with Gasteiger partial charge in [-0.2, -0.15) is 0 Å². The second-order valence-electron chi connectivity index (χ2n) is 4.65. The minimum atomic E-state index is -0.0261. The van der Waals surface area contributed by atoms with Crippen LogP contribution in [0.25, 0.3) is 0 Å². The first kappa shape index (κ1) is 14.5. The zero-order valence-electron chi connectivity index (χ0n) is 11.6. The van der Waals surface area contributed by atoms with E-state index in [1.807, 2.05) is 43.3 Å². The number of aliphatic hydroxyl groups is 1. The maximum absolute atomic E-state index is 8.87. The van der Waals surface area contributed by atoms with Gasteiger partial charge in [0.15, 0.2) is 0 Å². The Bertz CT molecular complexity index is 523. The van der Waals surface area contributed by atoms with Crippen LogP contribution in [0.5, 0.6) is 11.5 Å². The number of hydrogen-bond donors (Lipinski definition) is 2. The average Bonchev–Trinajstić information content (AvgIpc) is 2.49. The normalized spacial score (nSPS) is 12.2. The van der Waals surface area contributed by atoms with Gasteiger partial charge in [-0.3, -0.25) is 4.98 Å². The van der Waals surface area contributed by atoms with Crippen molar-refractivity contribution in [3.63, 3.8) is 0 Å². The van der Waals surface area contributed by atoms with Crippen molar-refractivity contribution in [1.29, 1.82) is 0 Å². The number of aliphatic hydroxyl groups excluding tert-OH is 1. The van der Waals surface area contributed by atoms with Gasteiger partial charge in [-0.1, -0.05) is 19.1 Å². The first-order chi connectivity index (χ1) is 9.72. The third-order valence-electron chi connectivity index (χ3n) is 3.14. The molecule has 0 aliphatic carbocycles. The number of hydrogen-bond acceptors (Lipinski definition) is 4. The van der Waals surface area contributed by atoms with Crippen LogP contribution in [0.15, 0.2) is 42.6 Å². The predicted octanol–water partition coefficient (Wildman–Crippen LogP) is 2.82. The van der Waals surface area contributed by atoms with Crippen molar-refractivity contribution in [2.45, 2.75) is 25.8 Å². The lowest BCUT2D eigenvalue weighted by atomic mass is 10.1. The second-order valence-corrected chi connectivity index (χ2v) is 4.65. The summed E-state index contributed by atoms with van der Waals surface area (Å²) in [5, 5.41) is 8.87. The molecule has 0 fully saturated rings. The van der Waals surface area contributed by atoms with Crippen molar-refractivity contribution in [2.75, 3.05) is 6.61 Å². The third-order valence-corrected chi connectivity index (χ3v) is 3.14. The largest absolute Gasteiger partial charge is 0.456 e. The summed E-state index contributed by atoms with van der Waals surface area (Å²) in [4.78, 5) is 4.31. The van der Waals surface area contributed by atoms with Gasteiger partial charge in [0, 0.05) is 12.6 Å². The highest BCUT2D eigenvalue weighted by atomic mass is 16.5. The summed E-state index contributed by atoms with van der Waals surface area (Å²) in [7, 11) is 0. The Morgan fingerprint density at radius 3 is 2.40 bits per heavy atom. The Balaban J connectivity index is 2.02. The van der Waals surface area contributed by atoms with E-state index in [1.165, 1.54) is 0 Å². The van der Waals surface area contributed by atoms with Crippen molar-refractivity contribution >= 4 is 0 Å². The molecule has 1 aromatic heterocycles. The summed E-state index contributed by atoms with van der Waals surface area (Å²) < 4.78 is 5.71. The Hall–Kier alpha value is -1.91. The van der Waals surface area contributed by atoms with E-state index < -0.39 is 0 Å². The number of rotatable bonds is 6. The lowest BCUT2D eigenvalue weighted by Gasteiger charge is -2.10. The number of ether oxygens (including phenoxy) is 1. The molecule has 0 aliphatic rings. The molecule has 0 saturated carbocycles. The van der Waals surface area contributed by atoms with Gasteiger partial charge in [0.25, 0.3) is 0 Å². The summed E-state index contributed by atoms with van der Waals surface area (Å²) in [6.07, 6.45) is 3.21. The number of nitrogens with two attached hydrogens (primary N) is 1. The molecule has 2 aromatic rings. The fourth-order valence-electron chi connectivity index (χ4n) is 1.87. The molecule has 1 aromatic carbocycles. The van der Waals surface area contributed by atoms with Gasteiger partial charge in [-0.25, -0.2) is 0 Å². The minimum absolute atomic E-state index is 0.0261. The van der Waals surface area contributed by atoms with E-state index in [0.717, 1.165) is 23.4 Å². The third kappa shape index (κ3) is 3.79. The monoisotopic (exact) mass is 272 g/mol. The van der Waals surface area contributed by atoms with E-state index in [-0.39, 0.29) is 12.6 Å². The van der Waals surface area contributed by atoms with Crippen LogP contribution >= 0.6 is 0 Å². The molecular weight excluding hydrogens is 252 g/mol. The highest BCUT2D eigenvalue weighted by molar-refractivity contribution is 5.32. The van der Waals surface area contributed by atoms with Gasteiger partial charge in [0.05, 0.1) is 11.9 Å². The molecule has 1 atom stereocenters. The molecule has 1 heterocycles. The zero-order chi connectivity index (χ0) is 14.4. The highest BCUT2D eigenvalue weighted by Crippen LogP contribution is 2.22. The standard InChI is InChI=1S/C16H20N2O2/c1-2-15(17)16-8-7-14(11-18-16)20-13-5-3-12(4-6-13)9-10-19/h3-8,11,15,19H,2,9-10,17H2,1H3/t15-/m0/s1. The van der Waals surface area contributed by atoms with Crippen LogP contribution in [0.4, 0.5) is 0 Å². The van der Waals surface area contributed by atoms with Crippen LogP contribution in [0.3, 0.4) is 0 Å². The van der Waals surface area contributed by atoms with Gasteiger partial charge in [0.2, 0.25) is 0 Å². The zero-order valence-corrected chi connectivity index (χ0v) is 11.6. The van der Waals surface area contributed by atoms with Crippen molar-refractivity contribution in [3.05, 3.63) is 53.9 Å². The van der Waals surface area contributed by atoms with Gasteiger partial charge in [0.1, 0.15) is 11.5 Å². The molecule has 2 rings (SSSR count). The lowest BCUT2D eigenvalue weighted by Crippen LogP contribution is -2.10. The first-order valence-electron chi connectivity index (χ1n) is 6.82. The number of aromatic nitrogens is 1. The van der Waals surface area contributed by atoms with E-state index >= 15 is 0 Å². The fraction of sp³-hybridized carbons (Fsp3) is 0.312. The topological polar surface area (TPSA) is 68.4 Å². The quantitative estimate of drug-likeness (QED) is 0.848. The lowest BCUT2D eigenvalue weighted by molar-refractivity contribution is 0.299. The summed E-state index contributed by atoms with van der Waals surface area (Å²) >= 11 is 0. The van der Waals surface area contributed by atoms with E-state index in [0.29, 0.717) is 12.2 Å². The van der Waals surface area contributed by atoms with Crippen LogP contribution in [-0.4, -0.2) is 16.7 Å². The molecule has 0 bridgehead atoms. The number of nitrogens with zero attached hydrogens (tertiary/aromatic N) is 1. The molecule has 106 valence electrons. The fourth-order valence-corrected chi connectivity index (χ4v) is 1.87. The molecule has 0 aliphatic heterocycles. The Morgan fingerprint density at radius 2 is 1.85 bits per heavy atom. The average molecular weight is 272 g/mol. The second kappa shape index (κ2) is 7.03. The van der Waals surface area contributed by atoms with E-state index in [2.05, 4.69) is 4.98 Å². The van der Waals surface area contributed by atoms with Crippen LogP contribution < -0.4 is 10.5 Å². The summed E-state index contributed by atoms with van der Waals surface area (Å²) in [5.41, 5.74) is 7.88. The Kier molecular flexibility index (Phi) is 5.09. The Labute approximate surface area is 119 Å². The Morgan fingerprint density at radius 1 is 1.15 bits per heavy atom. The highest BCUT2D eigenvalue weighted by Gasteiger charge is 2.05. The predicted molar refractivity (Wildman–Crippen MR) is 78.8 cm³/mol. The summed E-state index contributed by atoms with van der Waals surface area (Å²) in [6.45, 7) is 2.19. The minimum Gasteiger partial charge on any atom is -0.456 e. The molecule has 4 heteroatoms. The van der Waals surface area contributed by atoms with Gasteiger partial charge in [-0.15, -0.1) is 0 Å². The molecule has 20 heavy (non-hydrogen) atoms. The van der Waals surface area contributed by atoms with Crippen molar-refractivity contribution in [3.8, 4) is 11.5 Å². The van der Waals surface area contributed by atoms with Gasteiger partial charge < -0.3 is 15.6 Å².